The highest BCUT2D eigenvalue weighted by Crippen LogP contribution is 2.25. The maximum absolute atomic E-state index is 12.2. The van der Waals surface area contributed by atoms with E-state index in [4.69, 9.17) is 9.52 Å². The lowest BCUT2D eigenvalue weighted by Crippen LogP contribution is -2.11. The Morgan fingerprint density at radius 1 is 1.23 bits per heavy atom. The number of aromatic carboxylic acids is 1. The molecule has 0 spiro atoms. The summed E-state index contributed by atoms with van der Waals surface area (Å²) in [6.45, 7) is 1.79. The predicted molar refractivity (Wildman–Crippen MR) is 81.5 cm³/mol. The van der Waals surface area contributed by atoms with Crippen LogP contribution in [0.1, 0.15) is 51.1 Å². The molecule has 0 aliphatic heterocycles. The first-order valence-electron chi connectivity index (χ1n) is 7.37. The third-order valence-corrected chi connectivity index (χ3v) is 3.94. The van der Waals surface area contributed by atoms with Gasteiger partial charge in [-0.1, -0.05) is 13.0 Å². The van der Waals surface area contributed by atoms with Crippen molar-refractivity contribution in [3.8, 4) is 0 Å². The molecule has 0 saturated carbocycles. The van der Waals surface area contributed by atoms with Crippen molar-refractivity contribution in [1.29, 1.82) is 0 Å². The number of amides is 1. The molecule has 1 amide bonds. The minimum atomic E-state index is -1.09. The van der Waals surface area contributed by atoms with Gasteiger partial charge in [-0.25, -0.2) is 4.79 Å². The molecule has 0 bridgehead atoms. The molecule has 0 fully saturated rings. The number of fused-ring (bicyclic) bond motifs is 1. The van der Waals surface area contributed by atoms with E-state index in [2.05, 4.69) is 5.32 Å². The van der Waals surface area contributed by atoms with Crippen LogP contribution in [-0.2, 0) is 19.3 Å². The molecule has 1 aliphatic carbocycles. The molecule has 1 aromatic carbocycles. The molecule has 1 heterocycles. The Bertz CT molecular complexity index is 745. The molecule has 3 rings (SSSR count). The quantitative estimate of drug-likeness (QED) is 0.908. The van der Waals surface area contributed by atoms with Gasteiger partial charge in [0.15, 0.2) is 5.76 Å². The molecule has 0 saturated heterocycles. The zero-order valence-electron chi connectivity index (χ0n) is 12.3. The van der Waals surface area contributed by atoms with Gasteiger partial charge in [0.2, 0.25) is 0 Å². The summed E-state index contributed by atoms with van der Waals surface area (Å²) in [7, 11) is 0. The smallest absolute Gasteiger partial charge is 0.339 e. The van der Waals surface area contributed by atoms with E-state index < -0.39 is 11.9 Å². The topological polar surface area (TPSA) is 79.5 Å². The Hall–Kier alpha value is -2.56. The lowest BCUT2D eigenvalue weighted by molar-refractivity contribution is 0.0694. The van der Waals surface area contributed by atoms with Crippen molar-refractivity contribution in [3.63, 3.8) is 0 Å². The van der Waals surface area contributed by atoms with Crippen LogP contribution in [0.15, 0.2) is 28.7 Å². The fourth-order valence-electron chi connectivity index (χ4n) is 2.83. The second-order valence-electron chi connectivity index (χ2n) is 5.40. The first kappa shape index (κ1) is 14.4. The number of benzene rings is 1. The largest absolute Gasteiger partial charge is 0.478 e. The summed E-state index contributed by atoms with van der Waals surface area (Å²) < 4.78 is 5.36. The van der Waals surface area contributed by atoms with Gasteiger partial charge in [-0.15, -0.1) is 0 Å². The fourth-order valence-corrected chi connectivity index (χ4v) is 2.83. The van der Waals surface area contributed by atoms with Gasteiger partial charge in [0.1, 0.15) is 11.3 Å². The highest BCUT2D eigenvalue weighted by Gasteiger charge is 2.20. The highest BCUT2D eigenvalue weighted by molar-refractivity contribution is 6.04. The number of nitrogens with one attached hydrogen (secondary N) is 1. The SMILES string of the molecule is CCc1oc(C(=O)Nc2ccc3c(c2)CCC3)cc1C(=O)O. The number of carboxylic acid groups (broad SMARTS) is 1. The summed E-state index contributed by atoms with van der Waals surface area (Å²) in [4.78, 5) is 23.3. The molecular weight excluding hydrogens is 282 g/mol. The monoisotopic (exact) mass is 299 g/mol. The molecular formula is C17H17NO4. The standard InChI is InChI=1S/C17H17NO4/c1-2-14-13(17(20)21)9-15(22-14)16(19)18-12-7-6-10-4-3-5-11(10)8-12/h6-9H,2-5H2,1H3,(H,18,19)(H,20,21). The van der Waals surface area contributed by atoms with Crippen molar-refractivity contribution in [2.24, 2.45) is 0 Å². The average Bonchev–Trinajstić information content (AvgIpc) is 3.13. The van der Waals surface area contributed by atoms with Crippen LogP contribution in [-0.4, -0.2) is 17.0 Å². The van der Waals surface area contributed by atoms with Crippen LogP contribution in [0.2, 0.25) is 0 Å². The van der Waals surface area contributed by atoms with E-state index in [9.17, 15) is 9.59 Å². The van der Waals surface area contributed by atoms with E-state index in [-0.39, 0.29) is 11.3 Å². The highest BCUT2D eigenvalue weighted by atomic mass is 16.4. The molecule has 5 nitrogen and oxygen atoms in total. The number of anilines is 1. The van der Waals surface area contributed by atoms with Crippen molar-refractivity contribution in [3.05, 3.63) is 52.5 Å². The van der Waals surface area contributed by atoms with Crippen LogP contribution >= 0.6 is 0 Å². The third kappa shape index (κ3) is 2.62. The lowest BCUT2D eigenvalue weighted by Gasteiger charge is -2.06. The van der Waals surface area contributed by atoms with Crippen LogP contribution in [0.5, 0.6) is 0 Å². The number of hydrogen-bond donors (Lipinski definition) is 2. The normalized spacial score (nSPS) is 13.0. The van der Waals surface area contributed by atoms with Gasteiger partial charge in [0.05, 0.1) is 0 Å². The van der Waals surface area contributed by atoms with Gasteiger partial charge in [0.25, 0.3) is 5.91 Å². The first-order valence-corrected chi connectivity index (χ1v) is 7.37. The Kier molecular flexibility index (Phi) is 3.71. The number of carbonyl (C=O) groups excluding carboxylic acids is 1. The molecule has 2 N–H and O–H groups in total. The number of furan rings is 1. The number of aryl methyl sites for hydroxylation is 3. The van der Waals surface area contributed by atoms with Gasteiger partial charge < -0.3 is 14.8 Å². The predicted octanol–water partition coefficient (Wildman–Crippen LogP) is 3.28. The zero-order chi connectivity index (χ0) is 15.7. The molecule has 22 heavy (non-hydrogen) atoms. The Morgan fingerprint density at radius 3 is 2.68 bits per heavy atom. The second kappa shape index (κ2) is 5.67. The summed E-state index contributed by atoms with van der Waals surface area (Å²) in [5, 5.41) is 11.9. The lowest BCUT2D eigenvalue weighted by atomic mass is 10.1. The van der Waals surface area contributed by atoms with E-state index in [1.165, 1.54) is 17.2 Å². The minimum absolute atomic E-state index is 0.0229. The van der Waals surface area contributed by atoms with Crippen molar-refractivity contribution in [2.75, 3.05) is 5.32 Å². The summed E-state index contributed by atoms with van der Waals surface area (Å²) in [6.07, 6.45) is 3.69. The molecule has 5 heteroatoms. The summed E-state index contributed by atoms with van der Waals surface area (Å²) in [5.41, 5.74) is 3.34. The van der Waals surface area contributed by atoms with Gasteiger partial charge in [-0.3, -0.25) is 4.79 Å². The maximum Gasteiger partial charge on any atom is 0.339 e. The number of carboxylic acids is 1. The molecule has 114 valence electrons. The Labute approximate surface area is 127 Å². The average molecular weight is 299 g/mol. The number of hydrogen-bond acceptors (Lipinski definition) is 3. The van der Waals surface area contributed by atoms with Crippen LogP contribution in [0.4, 0.5) is 5.69 Å². The zero-order valence-corrected chi connectivity index (χ0v) is 12.3. The van der Waals surface area contributed by atoms with Gasteiger partial charge in [0, 0.05) is 18.2 Å². The van der Waals surface area contributed by atoms with E-state index in [0.29, 0.717) is 17.9 Å². The van der Waals surface area contributed by atoms with Crippen molar-refractivity contribution in [1.82, 2.24) is 0 Å². The van der Waals surface area contributed by atoms with Gasteiger partial charge >= 0.3 is 5.97 Å². The van der Waals surface area contributed by atoms with E-state index >= 15 is 0 Å². The molecule has 0 unspecified atom stereocenters. The van der Waals surface area contributed by atoms with E-state index in [1.807, 2.05) is 18.2 Å². The molecule has 0 radical (unpaired) electrons. The molecule has 2 aromatic rings. The Balaban J connectivity index is 1.81. The van der Waals surface area contributed by atoms with Crippen molar-refractivity contribution in [2.45, 2.75) is 32.6 Å². The third-order valence-electron chi connectivity index (χ3n) is 3.94. The second-order valence-corrected chi connectivity index (χ2v) is 5.40. The van der Waals surface area contributed by atoms with Crippen LogP contribution in [0.25, 0.3) is 0 Å². The summed E-state index contributed by atoms with van der Waals surface area (Å²) >= 11 is 0. The molecule has 0 atom stereocenters. The van der Waals surface area contributed by atoms with Crippen molar-refractivity contribution < 1.29 is 19.1 Å². The fraction of sp³-hybridized carbons (Fsp3) is 0.294. The number of carbonyl (C=O) groups is 2. The van der Waals surface area contributed by atoms with Gasteiger partial charge in [-0.05, 0) is 42.5 Å². The van der Waals surface area contributed by atoms with E-state index in [1.54, 1.807) is 6.92 Å². The molecule has 1 aliphatic rings. The number of rotatable bonds is 4. The maximum atomic E-state index is 12.2. The van der Waals surface area contributed by atoms with E-state index in [0.717, 1.165) is 19.3 Å². The summed E-state index contributed by atoms with van der Waals surface area (Å²) in [6, 6.07) is 7.15. The molecule has 1 aromatic heterocycles. The van der Waals surface area contributed by atoms with Crippen LogP contribution < -0.4 is 5.32 Å². The summed E-state index contributed by atoms with van der Waals surface area (Å²) in [5.74, 6) is -1.18. The van der Waals surface area contributed by atoms with Crippen molar-refractivity contribution >= 4 is 17.6 Å². The Morgan fingerprint density at radius 2 is 2.00 bits per heavy atom. The van der Waals surface area contributed by atoms with Crippen LogP contribution in [0, 0.1) is 0 Å². The first-order chi connectivity index (χ1) is 10.6. The minimum Gasteiger partial charge on any atom is -0.478 e. The van der Waals surface area contributed by atoms with Crippen LogP contribution in [0.3, 0.4) is 0 Å². The van der Waals surface area contributed by atoms with Gasteiger partial charge in [-0.2, -0.15) is 0 Å².